The number of hydrogen-bond donors (Lipinski definition) is 1. The first-order valence-electron chi connectivity index (χ1n) is 5.42. The van der Waals surface area contributed by atoms with E-state index in [4.69, 9.17) is 16.3 Å². The highest BCUT2D eigenvalue weighted by molar-refractivity contribution is 9.09. The molecule has 0 heterocycles. The Labute approximate surface area is 120 Å². The minimum Gasteiger partial charge on any atom is -0.508 e. The summed E-state index contributed by atoms with van der Waals surface area (Å²) >= 11 is 9.27. The van der Waals surface area contributed by atoms with E-state index in [1.165, 1.54) is 18.2 Å². The van der Waals surface area contributed by atoms with Crippen molar-refractivity contribution in [1.82, 2.24) is 4.90 Å². The Balaban J connectivity index is 2.90. The standard InChI is InChI=1S/C12H15BrClNO3/c1-18-7-6-15(5-4-13)12(17)10-8-9(16)2-3-11(10)14/h2-3,8,16H,4-7H2,1H3. The molecule has 18 heavy (non-hydrogen) atoms. The zero-order valence-electron chi connectivity index (χ0n) is 10.0. The molecule has 0 radical (unpaired) electrons. The zero-order valence-corrected chi connectivity index (χ0v) is 12.4. The van der Waals surface area contributed by atoms with Gasteiger partial charge in [-0.05, 0) is 18.2 Å². The number of ether oxygens (including phenoxy) is 1. The fourth-order valence-corrected chi connectivity index (χ4v) is 2.09. The SMILES string of the molecule is COCCN(CCBr)C(=O)c1cc(O)ccc1Cl. The van der Waals surface area contributed by atoms with E-state index < -0.39 is 0 Å². The smallest absolute Gasteiger partial charge is 0.255 e. The number of carbonyl (C=O) groups is 1. The molecule has 0 bridgehead atoms. The summed E-state index contributed by atoms with van der Waals surface area (Å²) in [6, 6.07) is 4.33. The summed E-state index contributed by atoms with van der Waals surface area (Å²) in [4.78, 5) is 13.9. The van der Waals surface area contributed by atoms with E-state index in [0.29, 0.717) is 35.6 Å². The van der Waals surface area contributed by atoms with Crippen LogP contribution in [0.1, 0.15) is 10.4 Å². The lowest BCUT2D eigenvalue weighted by Crippen LogP contribution is -2.35. The second kappa shape index (κ2) is 7.61. The predicted octanol–water partition coefficient (Wildman–Crippen LogP) is 2.53. The van der Waals surface area contributed by atoms with Crippen molar-refractivity contribution in [3.63, 3.8) is 0 Å². The van der Waals surface area contributed by atoms with E-state index >= 15 is 0 Å². The number of methoxy groups -OCH3 is 1. The topological polar surface area (TPSA) is 49.8 Å². The van der Waals surface area contributed by atoms with Gasteiger partial charge in [-0.25, -0.2) is 0 Å². The van der Waals surface area contributed by atoms with Gasteiger partial charge in [-0.1, -0.05) is 27.5 Å². The molecule has 1 N–H and O–H groups in total. The molecule has 1 rings (SSSR count). The number of alkyl halides is 1. The number of phenolic OH excluding ortho intramolecular Hbond substituents is 1. The Kier molecular flexibility index (Phi) is 6.46. The number of aromatic hydroxyl groups is 1. The molecule has 0 atom stereocenters. The second-order valence-corrected chi connectivity index (χ2v) is 4.84. The van der Waals surface area contributed by atoms with Crippen LogP contribution in [0.25, 0.3) is 0 Å². The third-order valence-electron chi connectivity index (χ3n) is 2.39. The van der Waals surface area contributed by atoms with Crippen LogP contribution in [0.3, 0.4) is 0 Å². The van der Waals surface area contributed by atoms with Gasteiger partial charge in [0.1, 0.15) is 5.75 Å². The molecule has 4 nitrogen and oxygen atoms in total. The molecule has 0 saturated carbocycles. The zero-order chi connectivity index (χ0) is 13.5. The monoisotopic (exact) mass is 335 g/mol. The van der Waals surface area contributed by atoms with Crippen molar-refractivity contribution in [1.29, 1.82) is 0 Å². The molecule has 0 aliphatic rings. The molecular formula is C12H15BrClNO3. The minimum atomic E-state index is -0.215. The molecule has 6 heteroatoms. The summed E-state index contributed by atoms with van der Waals surface area (Å²) < 4.78 is 4.97. The van der Waals surface area contributed by atoms with Crippen LogP contribution in [0.5, 0.6) is 5.75 Å². The molecule has 0 unspecified atom stereocenters. The average Bonchev–Trinajstić information content (AvgIpc) is 2.36. The largest absolute Gasteiger partial charge is 0.508 e. The highest BCUT2D eigenvalue weighted by Gasteiger charge is 2.18. The van der Waals surface area contributed by atoms with Gasteiger partial charge in [0.15, 0.2) is 0 Å². The van der Waals surface area contributed by atoms with Crippen LogP contribution < -0.4 is 0 Å². The van der Waals surface area contributed by atoms with E-state index in [2.05, 4.69) is 15.9 Å². The lowest BCUT2D eigenvalue weighted by Gasteiger charge is -2.22. The maximum atomic E-state index is 12.3. The number of rotatable bonds is 6. The van der Waals surface area contributed by atoms with E-state index in [0.717, 1.165) is 0 Å². The summed E-state index contributed by atoms with van der Waals surface area (Å²) in [5.74, 6) is -0.194. The van der Waals surface area contributed by atoms with Crippen molar-refractivity contribution in [2.75, 3.05) is 32.1 Å². The van der Waals surface area contributed by atoms with Gasteiger partial charge >= 0.3 is 0 Å². The van der Waals surface area contributed by atoms with Gasteiger partial charge in [-0.15, -0.1) is 0 Å². The average molecular weight is 337 g/mol. The molecule has 0 fully saturated rings. The molecule has 100 valence electrons. The van der Waals surface area contributed by atoms with Crippen molar-refractivity contribution in [3.05, 3.63) is 28.8 Å². The maximum Gasteiger partial charge on any atom is 0.255 e. The van der Waals surface area contributed by atoms with Crippen molar-refractivity contribution in [3.8, 4) is 5.75 Å². The van der Waals surface area contributed by atoms with Crippen LogP contribution in [0, 0.1) is 0 Å². The van der Waals surface area contributed by atoms with Gasteiger partial charge in [-0.2, -0.15) is 0 Å². The Bertz CT molecular complexity index is 414. The van der Waals surface area contributed by atoms with Gasteiger partial charge in [-0.3, -0.25) is 4.79 Å². The van der Waals surface area contributed by atoms with Gasteiger partial charge in [0, 0.05) is 25.5 Å². The fraction of sp³-hybridized carbons (Fsp3) is 0.417. The van der Waals surface area contributed by atoms with Crippen LogP contribution >= 0.6 is 27.5 Å². The highest BCUT2D eigenvalue weighted by atomic mass is 79.9. The molecule has 0 saturated heterocycles. The first kappa shape index (κ1) is 15.3. The number of nitrogens with zero attached hydrogens (tertiary/aromatic N) is 1. The van der Waals surface area contributed by atoms with Gasteiger partial charge in [0.05, 0.1) is 17.2 Å². The fourth-order valence-electron chi connectivity index (χ4n) is 1.47. The third-order valence-corrected chi connectivity index (χ3v) is 3.07. The number of benzene rings is 1. The Hall–Kier alpha value is -0.780. The van der Waals surface area contributed by atoms with Crippen LogP contribution in [-0.4, -0.2) is 48.0 Å². The van der Waals surface area contributed by atoms with Crippen LogP contribution in [0.4, 0.5) is 0 Å². The van der Waals surface area contributed by atoms with Crippen molar-refractivity contribution in [2.45, 2.75) is 0 Å². The first-order chi connectivity index (χ1) is 8.60. The summed E-state index contributed by atoms with van der Waals surface area (Å²) in [7, 11) is 1.58. The highest BCUT2D eigenvalue weighted by Crippen LogP contribution is 2.22. The summed E-state index contributed by atoms with van der Waals surface area (Å²) in [5.41, 5.74) is 0.300. The van der Waals surface area contributed by atoms with Crippen molar-refractivity contribution >= 4 is 33.4 Å². The lowest BCUT2D eigenvalue weighted by atomic mass is 10.2. The number of halogens is 2. The number of carbonyl (C=O) groups excluding carboxylic acids is 1. The first-order valence-corrected chi connectivity index (χ1v) is 6.92. The van der Waals surface area contributed by atoms with E-state index in [9.17, 15) is 9.90 Å². The Morgan fingerprint density at radius 3 is 2.83 bits per heavy atom. The Morgan fingerprint density at radius 2 is 2.22 bits per heavy atom. The number of phenols is 1. The molecular weight excluding hydrogens is 321 g/mol. The number of amides is 1. The van der Waals surface area contributed by atoms with E-state index in [1.54, 1.807) is 12.0 Å². The summed E-state index contributed by atoms with van der Waals surface area (Å²) in [6.45, 7) is 1.48. The molecule has 0 aliphatic heterocycles. The maximum absolute atomic E-state index is 12.3. The third kappa shape index (κ3) is 4.15. The minimum absolute atomic E-state index is 0.0216. The van der Waals surface area contributed by atoms with Gasteiger partial charge < -0.3 is 14.7 Å². The summed E-state index contributed by atoms with van der Waals surface area (Å²) in [6.07, 6.45) is 0. The van der Waals surface area contributed by atoms with E-state index in [1.807, 2.05) is 0 Å². The molecule has 0 spiro atoms. The Morgan fingerprint density at radius 1 is 1.50 bits per heavy atom. The predicted molar refractivity (Wildman–Crippen MR) is 74.7 cm³/mol. The van der Waals surface area contributed by atoms with Crippen LogP contribution in [0.15, 0.2) is 18.2 Å². The number of hydrogen-bond acceptors (Lipinski definition) is 3. The molecule has 1 aromatic carbocycles. The van der Waals surface area contributed by atoms with Gasteiger partial charge in [0.25, 0.3) is 5.91 Å². The summed E-state index contributed by atoms with van der Waals surface area (Å²) in [5, 5.41) is 10.4. The molecule has 0 aliphatic carbocycles. The normalized spacial score (nSPS) is 10.4. The van der Waals surface area contributed by atoms with Gasteiger partial charge in [0.2, 0.25) is 0 Å². The quantitative estimate of drug-likeness (QED) is 0.812. The van der Waals surface area contributed by atoms with Crippen LogP contribution in [-0.2, 0) is 4.74 Å². The van der Waals surface area contributed by atoms with Crippen LogP contribution in [0.2, 0.25) is 5.02 Å². The van der Waals surface area contributed by atoms with Crippen molar-refractivity contribution < 1.29 is 14.6 Å². The molecule has 1 amide bonds. The lowest BCUT2D eigenvalue weighted by molar-refractivity contribution is 0.0708. The molecule has 1 aromatic rings. The second-order valence-electron chi connectivity index (χ2n) is 3.64. The van der Waals surface area contributed by atoms with Crippen molar-refractivity contribution in [2.24, 2.45) is 0 Å². The molecule has 0 aromatic heterocycles. The van der Waals surface area contributed by atoms with E-state index in [-0.39, 0.29) is 11.7 Å².